The second-order valence-electron chi connectivity index (χ2n) is 4.40. The molecule has 8 heteroatoms. The Kier molecular flexibility index (Phi) is 4.25. The van der Waals surface area contributed by atoms with Crippen LogP contribution in [0.4, 0.5) is 11.5 Å². The normalized spacial score (nSPS) is 10.3. The first-order valence-corrected chi connectivity index (χ1v) is 6.37. The maximum Gasteiger partial charge on any atom is 0.331 e. The number of nitrogens with one attached hydrogen (secondary N) is 1. The van der Waals surface area contributed by atoms with Crippen molar-refractivity contribution >= 4 is 23.1 Å². The van der Waals surface area contributed by atoms with Gasteiger partial charge in [-0.15, -0.1) is 0 Å². The number of hydrogen-bond donors (Lipinski definition) is 2. The molecule has 21 heavy (non-hydrogen) atoms. The van der Waals surface area contributed by atoms with E-state index in [1.807, 2.05) is 13.8 Å². The fourth-order valence-electron chi connectivity index (χ4n) is 1.80. The number of ether oxygens (including phenoxy) is 1. The summed E-state index contributed by atoms with van der Waals surface area (Å²) in [6.45, 7) is 3.64. The number of pyridine rings is 1. The lowest BCUT2D eigenvalue weighted by molar-refractivity contribution is -0.386. The third-order valence-corrected chi connectivity index (χ3v) is 3.41. The SMILES string of the molecule is Cc1cc(Oc2nc(NN)ccc2[N+](=O)[O-])cc(C)c1Cl. The molecule has 0 amide bonds. The Morgan fingerprint density at radius 1 is 1.33 bits per heavy atom. The topological polar surface area (TPSA) is 103 Å². The summed E-state index contributed by atoms with van der Waals surface area (Å²) in [6, 6.07) is 6.03. The van der Waals surface area contributed by atoms with E-state index >= 15 is 0 Å². The van der Waals surface area contributed by atoms with Gasteiger partial charge in [-0.2, -0.15) is 4.98 Å². The second kappa shape index (κ2) is 5.94. The van der Waals surface area contributed by atoms with E-state index in [0.29, 0.717) is 10.8 Å². The number of hydrogen-bond acceptors (Lipinski definition) is 6. The van der Waals surface area contributed by atoms with Crippen molar-refractivity contribution in [3.05, 3.63) is 50.5 Å². The number of anilines is 1. The van der Waals surface area contributed by atoms with E-state index in [2.05, 4.69) is 10.4 Å². The van der Waals surface area contributed by atoms with Gasteiger partial charge < -0.3 is 10.2 Å². The molecule has 0 aliphatic heterocycles. The number of aryl methyl sites for hydroxylation is 2. The van der Waals surface area contributed by atoms with Crippen LogP contribution in [0, 0.1) is 24.0 Å². The molecule has 1 heterocycles. The van der Waals surface area contributed by atoms with E-state index in [-0.39, 0.29) is 17.4 Å². The van der Waals surface area contributed by atoms with Crippen molar-refractivity contribution in [2.24, 2.45) is 5.84 Å². The molecule has 0 aliphatic carbocycles. The van der Waals surface area contributed by atoms with Crippen LogP contribution in [-0.4, -0.2) is 9.91 Å². The van der Waals surface area contributed by atoms with Crippen molar-refractivity contribution in [2.45, 2.75) is 13.8 Å². The van der Waals surface area contributed by atoms with Crippen molar-refractivity contribution in [1.29, 1.82) is 0 Å². The maximum atomic E-state index is 11.0. The van der Waals surface area contributed by atoms with Crippen LogP contribution in [0.5, 0.6) is 11.6 Å². The van der Waals surface area contributed by atoms with Gasteiger partial charge >= 0.3 is 11.6 Å². The minimum Gasteiger partial charge on any atom is -0.434 e. The highest BCUT2D eigenvalue weighted by atomic mass is 35.5. The van der Waals surface area contributed by atoms with Crippen molar-refractivity contribution < 1.29 is 9.66 Å². The van der Waals surface area contributed by atoms with E-state index < -0.39 is 4.92 Å². The zero-order chi connectivity index (χ0) is 15.6. The largest absolute Gasteiger partial charge is 0.434 e. The molecular formula is C13H13ClN4O3. The Morgan fingerprint density at radius 2 is 1.95 bits per heavy atom. The highest BCUT2D eigenvalue weighted by molar-refractivity contribution is 6.32. The quantitative estimate of drug-likeness (QED) is 0.510. The average Bonchev–Trinajstić information content (AvgIpc) is 2.44. The molecule has 0 aliphatic rings. The third-order valence-electron chi connectivity index (χ3n) is 2.81. The van der Waals surface area contributed by atoms with Crippen LogP contribution >= 0.6 is 11.6 Å². The molecule has 0 spiro atoms. The Bertz CT molecular complexity index is 683. The molecule has 0 atom stereocenters. The number of nitrogen functional groups attached to an aromatic ring is 1. The monoisotopic (exact) mass is 308 g/mol. The molecule has 2 aromatic rings. The molecule has 1 aromatic carbocycles. The van der Waals surface area contributed by atoms with Crippen LogP contribution in [0.15, 0.2) is 24.3 Å². The zero-order valence-electron chi connectivity index (χ0n) is 11.4. The van der Waals surface area contributed by atoms with Gasteiger partial charge in [-0.05, 0) is 43.2 Å². The summed E-state index contributed by atoms with van der Waals surface area (Å²) in [7, 11) is 0. The van der Waals surface area contributed by atoms with Gasteiger partial charge in [0.25, 0.3) is 0 Å². The smallest absolute Gasteiger partial charge is 0.331 e. The molecular weight excluding hydrogens is 296 g/mol. The Morgan fingerprint density at radius 3 is 2.48 bits per heavy atom. The predicted molar refractivity (Wildman–Crippen MR) is 79.7 cm³/mol. The molecule has 1 aromatic heterocycles. The number of halogens is 1. The average molecular weight is 309 g/mol. The molecule has 0 saturated heterocycles. The van der Waals surface area contributed by atoms with Crippen LogP contribution in [-0.2, 0) is 0 Å². The summed E-state index contributed by atoms with van der Waals surface area (Å²) >= 11 is 6.08. The Hall–Kier alpha value is -2.38. The van der Waals surface area contributed by atoms with Gasteiger partial charge in [0.2, 0.25) is 0 Å². The van der Waals surface area contributed by atoms with Crippen molar-refractivity contribution in [3.8, 4) is 11.6 Å². The van der Waals surface area contributed by atoms with Gasteiger partial charge in [0.05, 0.1) is 4.92 Å². The zero-order valence-corrected chi connectivity index (χ0v) is 12.1. The first kappa shape index (κ1) is 15.0. The van der Waals surface area contributed by atoms with Gasteiger partial charge in [-0.1, -0.05) is 11.6 Å². The van der Waals surface area contributed by atoms with Crippen molar-refractivity contribution in [2.75, 3.05) is 5.43 Å². The van der Waals surface area contributed by atoms with Crippen molar-refractivity contribution in [3.63, 3.8) is 0 Å². The van der Waals surface area contributed by atoms with Gasteiger partial charge in [0, 0.05) is 11.1 Å². The van der Waals surface area contributed by atoms with Gasteiger partial charge in [0.1, 0.15) is 11.6 Å². The fraction of sp³-hybridized carbons (Fsp3) is 0.154. The van der Waals surface area contributed by atoms with Crippen LogP contribution in [0.1, 0.15) is 11.1 Å². The van der Waals surface area contributed by atoms with Crippen LogP contribution in [0.3, 0.4) is 0 Å². The van der Waals surface area contributed by atoms with E-state index in [9.17, 15) is 10.1 Å². The van der Waals surface area contributed by atoms with Gasteiger partial charge in [0.15, 0.2) is 0 Å². The number of rotatable bonds is 4. The first-order valence-electron chi connectivity index (χ1n) is 5.99. The molecule has 3 N–H and O–H groups in total. The second-order valence-corrected chi connectivity index (χ2v) is 4.77. The summed E-state index contributed by atoms with van der Waals surface area (Å²) in [6.07, 6.45) is 0. The standard InChI is InChI=1S/C13H13ClN4O3/c1-7-5-9(6-8(2)12(7)14)21-13-10(18(19)20)3-4-11(16-13)17-15/h3-6H,15H2,1-2H3,(H,16,17). The molecule has 0 bridgehead atoms. The summed E-state index contributed by atoms with van der Waals surface area (Å²) in [5.41, 5.74) is 3.68. The highest BCUT2D eigenvalue weighted by Crippen LogP contribution is 2.33. The van der Waals surface area contributed by atoms with E-state index in [1.54, 1.807) is 12.1 Å². The molecule has 7 nitrogen and oxygen atoms in total. The van der Waals surface area contributed by atoms with Crippen LogP contribution < -0.4 is 16.0 Å². The number of nitrogens with zero attached hydrogens (tertiary/aromatic N) is 2. The van der Waals surface area contributed by atoms with E-state index in [4.69, 9.17) is 22.2 Å². The molecule has 0 saturated carbocycles. The molecule has 0 fully saturated rings. The number of aromatic nitrogens is 1. The van der Waals surface area contributed by atoms with Gasteiger partial charge in [-0.3, -0.25) is 10.1 Å². The number of hydrazine groups is 1. The predicted octanol–water partition coefficient (Wildman–Crippen LogP) is 3.34. The minimum atomic E-state index is -0.571. The van der Waals surface area contributed by atoms with E-state index in [1.165, 1.54) is 12.1 Å². The van der Waals surface area contributed by atoms with Crippen LogP contribution in [0.2, 0.25) is 5.02 Å². The summed E-state index contributed by atoms with van der Waals surface area (Å²) in [5, 5.41) is 11.6. The maximum absolute atomic E-state index is 11.0. The molecule has 0 unspecified atom stereocenters. The van der Waals surface area contributed by atoms with Crippen LogP contribution in [0.25, 0.3) is 0 Å². The third kappa shape index (κ3) is 3.21. The molecule has 0 radical (unpaired) electrons. The summed E-state index contributed by atoms with van der Waals surface area (Å²) < 4.78 is 5.52. The molecule has 110 valence electrons. The lowest BCUT2D eigenvalue weighted by atomic mass is 10.1. The lowest BCUT2D eigenvalue weighted by Crippen LogP contribution is -2.09. The molecule has 2 rings (SSSR count). The lowest BCUT2D eigenvalue weighted by Gasteiger charge is -2.10. The van der Waals surface area contributed by atoms with Gasteiger partial charge in [-0.25, -0.2) is 5.84 Å². The summed E-state index contributed by atoms with van der Waals surface area (Å²) in [5.74, 6) is 5.79. The van der Waals surface area contributed by atoms with Crippen molar-refractivity contribution in [1.82, 2.24) is 4.98 Å². The number of nitro groups is 1. The fourth-order valence-corrected chi connectivity index (χ4v) is 1.91. The van der Waals surface area contributed by atoms with E-state index in [0.717, 1.165) is 11.1 Å². The summed E-state index contributed by atoms with van der Waals surface area (Å²) in [4.78, 5) is 14.4. The first-order chi connectivity index (χ1) is 9.92. The number of benzene rings is 1. The number of nitrogens with two attached hydrogens (primary N) is 1. The minimum absolute atomic E-state index is 0.142. The highest BCUT2D eigenvalue weighted by Gasteiger charge is 2.19. The Balaban J connectivity index is 2.45. The Labute approximate surface area is 125 Å².